The molecule has 0 unspecified atom stereocenters. The Morgan fingerprint density at radius 1 is 1.22 bits per heavy atom. The predicted molar refractivity (Wildman–Crippen MR) is 126 cm³/mol. The molecule has 3 aromatic rings. The number of carbonyl (C=O) groups excluding carboxylic acids is 1. The van der Waals surface area contributed by atoms with Crippen molar-refractivity contribution in [1.82, 2.24) is 9.78 Å². The first-order valence-corrected chi connectivity index (χ1v) is 11.2. The summed E-state index contributed by atoms with van der Waals surface area (Å²) in [6, 6.07) is 12.6. The molecule has 0 saturated heterocycles. The van der Waals surface area contributed by atoms with Gasteiger partial charge in [0.15, 0.2) is 0 Å². The van der Waals surface area contributed by atoms with E-state index in [9.17, 15) is 14.9 Å². The second-order valence-corrected chi connectivity index (χ2v) is 9.10. The fourth-order valence-electron chi connectivity index (χ4n) is 3.23. The number of hydrogen-bond acceptors (Lipinski definition) is 6. The molecule has 1 aromatic heterocycles. The van der Waals surface area contributed by atoms with E-state index >= 15 is 0 Å². The number of aromatic nitrogens is 2. The van der Waals surface area contributed by atoms with Crippen LogP contribution in [0.5, 0.6) is 5.75 Å². The van der Waals surface area contributed by atoms with Gasteiger partial charge >= 0.3 is 0 Å². The van der Waals surface area contributed by atoms with E-state index < -0.39 is 10.8 Å². The van der Waals surface area contributed by atoms with Gasteiger partial charge in [0.1, 0.15) is 17.1 Å². The zero-order chi connectivity index (χ0) is 23.5. The van der Waals surface area contributed by atoms with E-state index in [4.69, 9.17) is 4.74 Å². The number of amides is 1. The molecule has 0 spiro atoms. The van der Waals surface area contributed by atoms with Gasteiger partial charge in [0.25, 0.3) is 11.6 Å². The Kier molecular flexibility index (Phi) is 6.88. The molecule has 2 aromatic carbocycles. The van der Waals surface area contributed by atoms with Crippen LogP contribution in [0.3, 0.4) is 0 Å². The number of nitro groups is 1. The monoisotopic (exact) mass is 454 g/mol. The van der Waals surface area contributed by atoms with Crippen molar-refractivity contribution in [3.63, 3.8) is 0 Å². The highest BCUT2D eigenvalue weighted by Crippen LogP contribution is 2.34. The second kappa shape index (κ2) is 9.44. The molecule has 0 aliphatic heterocycles. The number of anilines is 1. The largest absolute Gasteiger partial charge is 0.495 e. The highest BCUT2D eigenvalue weighted by atomic mass is 32.2. The lowest BCUT2D eigenvalue weighted by atomic mass is 9.87. The maximum atomic E-state index is 13.0. The maximum absolute atomic E-state index is 13.0. The molecular weight excluding hydrogens is 428 g/mol. The van der Waals surface area contributed by atoms with Crippen LogP contribution in [0, 0.1) is 10.1 Å². The summed E-state index contributed by atoms with van der Waals surface area (Å²) < 4.78 is 6.86. The van der Waals surface area contributed by atoms with E-state index in [1.54, 1.807) is 16.9 Å². The number of carbonyl (C=O) groups is 1. The highest BCUT2D eigenvalue weighted by molar-refractivity contribution is 7.98. The average molecular weight is 455 g/mol. The van der Waals surface area contributed by atoms with Gasteiger partial charge in [-0.1, -0.05) is 45.0 Å². The first-order chi connectivity index (χ1) is 15.1. The molecular formula is C23H26N4O4S. The normalized spacial score (nSPS) is 11.3. The summed E-state index contributed by atoms with van der Waals surface area (Å²) in [5.74, 6) is 0.217. The standard InChI is InChI=1S/C23H26N4O4S/c1-23(2,3)16-8-6-15(7-9-16)14-26-21(10-11-24-26)25-22(28)17-12-20(32-5)19(31-4)13-18(17)27(29)30/h6-13H,14H2,1-5H3,(H,25,28). The van der Waals surface area contributed by atoms with E-state index in [0.717, 1.165) is 5.56 Å². The van der Waals surface area contributed by atoms with E-state index in [2.05, 4.69) is 43.3 Å². The van der Waals surface area contributed by atoms with Gasteiger partial charge < -0.3 is 10.1 Å². The fraction of sp³-hybridized carbons (Fsp3) is 0.304. The number of hydrogen-bond donors (Lipinski definition) is 1. The zero-order valence-electron chi connectivity index (χ0n) is 18.7. The molecule has 32 heavy (non-hydrogen) atoms. The van der Waals surface area contributed by atoms with Crippen molar-refractivity contribution < 1.29 is 14.5 Å². The summed E-state index contributed by atoms with van der Waals surface area (Å²) >= 11 is 1.34. The van der Waals surface area contributed by atoms with Crippen molar-refractivity contribution in [2.45, 2.75) is 37.6 Å². The minimum Gasteiger partial charge on any atom is -0.495 e. The van der Waals surface area contributed by atoms with Crippen LogP contribution in [-0.4, -0.2) is 34.0 Å². The van der Waals surface area contributed by atoms with E-state index in [1.807, 2.05) is 18.4 Å². The minimum absolute atomic E-state index is 0.0394. The molecule has 0 fully saturated rings. The number of nitrogens with zero attached hydrogens (tertiary/aromatic N) is 3. The maximum Gasteiger partial charge on any atom is 0.285 e. The summed E-state index contributed by atoms with van der Waals surface area (Å²) in [5.41, 5.74) is 1.96. The first-order valence-electron chi connectivity index (χ1n) is 9.97. The van der Waals surface area contributed by atoms with Crippen LogP contribution >= 0.6 is 11.8 Å². The van der Waals surface area contributed by atoms with Gasteiger partial charge in [-0.2, -0.15) is 5.10 Å². The third-order valence-corrected chi connectivity index (χ3v) is 5.81. The molecule has 0 saturated carbocycles. The molecule has 0 aliphatic carbocycles. The van der Waals surface area contributed by atoms with E-state index in [-0.39, 0.29) is 16.7 Å². The molecule has 0 atom stereocenters. The Hall–Kier alpha value is -3.33. The number of benzene rings is 2. The molecule has 0 bridgehead atoms. The smallest absolute Gasteiger partial charge is 0.285 e. The number of thioether (sulfide) groups is 1. The molecule has 3 rings (SSSR count). The Morgan fingerprint density at radius 3 is 2.47 bits per heavy atom. The van der Waals surface area contributed by atoms with Crippen LogP contribution in [0.4, 0.5) is 11.5 Å². The Balaban J connectivity index is 1.85. The molecule has 1 N–H and O–H groups in total. The van der Waals surface area contributed by atoms with Crippen molar-refractivity contribution in [3.05, 3.63) is 75.5 Å². The van der Waals surface area contributed by atoms with Gasteiger partial charge in [-0.25, -0.2) is 4.68 Å². The summed E-state index contributed by atoms with van der Waals surface area (Å²) in [4.78, 5) is 24.6. The lowest BCUT2D eigenvalue weighted by molar-refractivity contribution is -0.385. The van der Waals surface area contributed by atoms with Gasteiger partial charge in [0, 0.05) is 6.07 Å². The SMILES string of the molecule is COc1cc([N+](=O)[O-])c(C(=O)Nc2ccnn2Cc2ccc(C(C)(C)C)cc2)cc1SC. The Labute approximate surface area is 191 Å². The molecule has 168 valence electrons. The summed E-state index contributed by atoms with van der Waals surface area (Å²) in [5, 5.41) is 18.6. The Bertz CT molecular complexity index is 1130. The van der Waals surface area contributed by atoms with Gasteiger partial charge in [-0.15, -0.1) is 11.8 Å². The van der Waals surface area contributed by atoms with Gasteiger partial charge in [-0.3, -0.25) is 14.9 Å². The van der Waals surface area contributed by atoms with Gasteiger partial charge in [0.05, 0.1) is 35.7 Å². The number of nitro benzene ring substituents is 1. The fourth-order valence-corrected chi connectivity index (χ4v) is 3.81. The van der Waals surface area contributed by atoms with Gasteiger partial charge in [0.2, 0.25) is 0 Å². The van der Waals surface area contributed by atoms with Crippen LogP contribution in [-0.2, 0) is 12.0 Å². The predicted octanol–water partition coefficient (Wildman–Crippen LogP) is 5.12. The van der Waals surface area contributed by atoms with E-state index in [1.165, 1.54) is 36.6 Å². The van der Waals surface area contributed by atoms with Crippen molar-refractivity contribution in [2.24, 2.45) is 0 Å². The van der Waals surface area contributed by atoms with Gasteiger partial charge in [-0.05, 0) is 28.9 Å². The summed E-state index contributed by atoms with van der Waals surface area (Å²) in [6.45, 7) is 6.92. The molecule has 1 amide bonds. The number of ether oxygens (including phenoxy) is 1. The highest BCUT2D eigenvalue weighted by Gasteiger charge is 2.24. The third-order valence-electron chi connectivity index (χ3n) is 5.05. The number of methoxy groups -OCH3 is 1. The lowest BCUT2D eigenvalue weighted by Crippen LogP contribution is -2.18. The quantitative estimate of drug-likeness (QED) is 0.302. The van der Waals surface area contributed by atoms with Crippen molar-refractivity contribution in [1.29, 1.82) is 0 Å². The van der Waals surface area contributed by atoms with Crippen LogP contribution in [0.1, 0.15) is 42.3 Å². The van der Waals surface area contributed by atoms with Crippen molar-refractivity contribution in [3.8, 4) is 5.75 Å². The van der Waals surface area contributed by atoms with Crippen LogP contribution < -0.4 is 10.1 Å². The molecule has 9 heteroatoms. The molecule has 8 nitrogen and oxygen atoms in total. The molecule has 1 heterocycles. The third kappa shape index (κ3) is 5.11. The number of rotatable bonds is 7. The molecule has 0 aliphatic rings. The van der Waals surface area contributed by atoms with Crippen LogP contribution in [0.15, 0.2) is 53.6 Å². The zero-order valence-corrected chi connectivity index (χ0v) is 19.5. The second-order valence-electron chi connectivity index (χ2n) is 8.26. The Morgan fingerprint density at radius 2 is 1.91 bits per heavy atom. The van der Waals surface area contributed by atoms with Crippen LogP contribution in [0.2, 0.25) is 0 Å². The van der Waals surface area contributed by atoms with Crippen molar-refractivity contribution in [2.75, 3.05) is 18.7 Å². The summed E-state index contributed by atoms with van der Waals surface area (Å²) in [6.07, 6.45) is 3.39. The van der Waals surface area contributed by atoms with E-state index in [0.29, 0.717) is 23.0 Å². The minimum atomic E-state index is -0.588. The first kappa shape index (κ1) is 23.3. The topological polar surface area (TPSA) is 99.3 Å². The lowest BCUT2D eigenvalue weighted by Gasteiger charge is -2.19. The number of nitrogens with one attached hydrogen (secondary N) is 1. The summed E-state index contributed by atoms with van der Waals surface area (Å²) in [7, 11) is 1.44. The average Bonchev–Trinajstić information content (AvgIpc) is 3.18. The molecule has 0 radical (unpaired) electrons. The van der Waals surface area contributed by atoms with Crippen molar-refractivity contribution >= 4 is 29.2 Å². The van der Waals surface area contributed by atoms with Crippen LogP contribution in [0.25, 0.3) is 0 Å².